The van der Waals surface area contributed by atoms with E-state index >= 15 is 0 Å². The quantitative estimate of drug-likeness (QED) is 0.903. The third-order valence-corrected chi connectivity index (χ3v) is 4.87. The zero-order valence-corrected chi connectivity index (χ0v) is 11.5. The van der Waals surface area contributed by atoms with E-state index in [1.165, 1.54) is 10.4 Å². The molecule has 2 heterocycles. The van der Waals surface area contributed by atoms with Crippen LogP contribution in [0.4, 0.5) is 0 Å². The van der Waals surface area contributed by atoms with Crippen molar-refractivity contribution in [2.45, 2.75) is 19.4 Å². The van der Waals surface area contributed by atoms with Crippen LogP contribution in [0, 0.1) is 6.92 Å². The third-order valence-electron chi connectivity index (χ3n) is 2.27. The lowest BCUT2D eigenvalue weighted by Crippen LogP contribution is -2.00. The first-order chi connectivity index (χ1) is 7.16. The lowest BCUT2D eigenvalue weighted by Gasteiger charge is -2.08. The molecular weight excluding hydrogens is 292 g/mol. The van der Waals surface area contributed by atoms with Crippen molar-refractivity contribution in [1.82, 2.24) is 0 Å². The SMILES string of the molecule is Cc1cscc1C(O)Cc1cc(Br)cs1. The van der Waals surface area contributed by atoms with Gasteiger partial charge in [-0.3, -0.25) is 0 Å². The van der Waals surface area contributed by atoms with E-state index in [0.29, 0.717) is 6.42 Å². The maximum Gasteiger partial charge on any atom is 0.0848 e. The van der Waals surface area contributed by atoms with Crippen LogP contribution in [0.1, 0.15) is 22.1 Å². The molecule has 1 nitrogen and oxygen atoms in total. The minimum absolute atomic E-state index is 0.373. The van der Waals surface area contributed by atoms with Crippen molar-refractivity contribution in [3.05, 3.63) is 42.7 Å². The molecule has 80 valence electrons. The lowest BCUT2D eigenvalue weighted by molar-refractivity contribution is 0.179. The molecule has 2 aromatic rings. The van der Waals surface area contributed by atoms with Crippen LogP contribution in [0.5, 0.6) is 0 Å². The Kier molecular flexibility index (Phi) is 3.61. The van der Waals surface area contributed by atoms with E-state index in [9.17, 15) is 5.11 Å². The van der Waals surface area contributed by atoms with E-state index in [1.807, 2.05) is 17.7 Å². The maximum absolute atomic E-state index is 10.1. The van der Waals surface area contributed by atoms with Gasteiger partial charge in [-0.1, -0.05) is 0 Å². The van der Waals surface area contributed by atoms with Crippen molar-refractivity contribution in [2.75, 3.05) is 0 Å². The Labute approximate surface area is 106 Å². The largest absolute Gasteiger partial charge is 0.388 e. The molecule has 0 spiro atoms. The molecule has 4 heteroatoms. The van der Waals surface area contributed by atoms with Gasteiger partial charge in [-0.2, -0.15) is 11.3 Å². The maximum atomic E-state index is 10.1. The topological polar surface area (TPSA) is 20.2 Å². The Hall–Kier alpha value is -0.160. The van der Waals surface area contributed by atoms with Crippen LogP contribution in [0.3, 0.4) is 0 Å². The predicted octanol–water partition coefficient (Wildman–Crippen LogP) is 4.16. The Morgan fingerprint density at radius 3 is 2.73 bits per heavy atom. The van der Waals surface area contributed by atoms with E-state index in [0.717, 1.165) is 10.0 Å². The molecule has 0 aliphatic carbocycles. The van der Waals surface area contributed by atoms with Gasteiger partial charge in [0.2, 0.25) is 0 Å². The van der Waals surface area contributed by atoms with Gasteiger partial charge in [0, 0.05) is 21.2 Å². The number of aryl methyl sites for hydroxylation is 1. The standard InChI is InChI=1S/C11H11BrOS2/c1-7-4-14-6-10(7)11(13)3-9-2-8(12)5-15-9/h2,4-6,11,13H,3H2,1H3. The smallest absolute Gasteiger partial charge is 0.0848 e. The van der Waals surface area contributed by atoms with Crippen LogP contribution in [0.15, 0.2) is 26.7 Å². The summed E-state index contributed by atoms with van der Waals surface area (Å²) >= 11 is 6.74. The number of hydrogen-bond donors (Lipinski definition) is 1. The molecule has 0 saturated heterocycles. The Morgan fingerprint density at radius 1 is 1.40 bits per heavy atom. The third kappa shape index (κ3) is 2.69. The van der Waals surface area contributed by atoms with Gasteiger partial charge >= 0.3 is 0 Å². The molecule has 0 aromatic carbocycles. The minimum atomic E-state index is -0.373. The summed E-state index contributed by atoms with van der Waals surface area (Å²) in [4.78, 5) is 1.21. The second-order valence-electron chi connectivity index (χ2n) is 3.46. The first kappa shape index (κ1) is 11.3. The van der Waals surface area contributed by atoms with Gasteiger partial charge < -0.3 is 5.11 Å². The molecule has 15 heavy (non-hydrogen) atoms. The second kappa shape index (κ2) is 4.78. The van der Waals surface area contributed by atoms with Gasteiger partial charge in [0.15, 0.2) is 0 Å². The molecule has 0 fully saturated rings. The van der Waals surface area contributed by atoms with Crippen LogP contribution >= 0.6 is 38.6 Å². The Bertz CT molecular complexity index is 447. The lowest BCUT2D eigenvalue weighted by atomic mass is 10.1. The van der Waals surface area contributed by atoms with Gasteiger partial charge in [0.25, 0.3) is 0 Å². The Balaban J connectivity index is 2.10. The van der Waals surface area contributed by atoms with Gasteiger partial charge in [-0.05, 0) is 50.8 Å². The molecule has 2 rings (SSSR count). The van der Waals surface area contributed by atoms with Gasteiger partial charge in [-0.25, -0.2) is 0 Å². The predicted molar refractivity (Wildman–Crippen MR) is 69.7 cm³/mol. The van der Waals surface area contributed by atoms with E-state index in [2.05, 4.69) is 27.4 Å². The summed E-state index contributed by atoms with van der Waals surface area (Å²) in [5.74, 6) is 0. The summed E-state index contributed by atoms with van der Waals surface area (Å²) in [5.41, 5.74) is 2.24. The number of thiophene rings is 2. The summed E-state index contributed by atoms with van der Waals surface area (Å²) < 4.78 is 1.09. The van der Waals surface area contributed by atoms with Gasteiger partial charge in [0.1, 0.15) is 0 Å². The number of halogens is 1. The second-order valence-corrected chi connectivity index (χ2v) is 6.12. The van der Waals surface area contributed by atoms with Crippen molar-refractivity contribution in [3.8, 4) is 0 Å². The normalized spacial score (nSPS) is 13.0. The highest BCUT2D eigenvalue weighted by atomic mass is 79.9. The fourth-order valence-corrected chi connectivity index (χ4v) is 3.86. The molecule has 1 atom stereocenters. The first-order valence-corrected chi connectivity index (χ1v) is 7.22. The van der Waals surface area contributed by atoms with Crippen molar-refractivity contribution in [2.24, 2.45) is 0 Å². The minimum Gasteiger partial charge on any atom is -0.388 e. The van der Waals surface area contributed by atoms with E-state index in [1.54, 1.807) is 22.7 Å². The van der Waals surface area contributed by atoms with E-state index < -0.39 is 0 Å². The van der Waals surface area contributed by atoms with Gasteiger partial charge in [0.05, 0.1) is 6.10 Å². The molecule has 0 aliphatic rings. The van der Waals surface area contributed by atoms with E-state index in [-0.39, 0.29) is 6.10 Å². The summed E-state index contributed by atoms with van der Waals surface area (Å²) in [7, 11) is 0. The molecular formula is C11H11BrOS2. The zero-order valence-electron chi connectivity index (χ0n) is 8.24. The first-order valence-electron chi connectivity index (χ1n) is 4.60. The van der Waals surface area contributed by atoms with Gasteiger partial charge in [-0.15, -0.1) is 11.3 Å². The molecule has 1 N–H and O–H groups in total. The molecule has 2 aromatic heterocycles. The molecule has 0 radical (unpaired) electrons. The molecule has 0 bridgehead atoms. The van der Waals surface area contributed by atoms with Crippen molar-refractivity contribution >= 4 is 38.6 Å². The number of rotatable bonds is 3. The fourth-order valence-electron chi connectivity index (χ4n) is 1.47. The van der Waals surface area contributed by atoms with Crippen LogP contribution in [0.25, 0.3) is 0 Å². The molecule has 0 aliphatic heterocycles. The Morgan fingerprint density at radius 2 is 2.20 bits per heavy atom. The highest BCUT2D eigenvalue weighted by molar-refractivity contribution is 9.10. The molecule has 0 amide bonds. The van der Waals surface area contributed by atoms with Crippen LogP contribution in [-0.4, -0.2) is 5.11 Å². The van der Waals surface area contributed by atoms with Crippen LogP contribution < -0.4 is 0 Å². The molecule has 1 unspecified atom stereocenters. The fraction of sp³-hybridized carbons (Fsp3) is 0.273. The summed E-state index contributed by atoms with van der Waals surface area (Å²) in [6.07, 6.45) is 0.329. The highest BCUT2D eigenvalue weighted by Gasteiger charge is 2.12. The molecule has 0 saturated carbocycles. The van der Waals surface area contributed by atoms with Crippen molar-refractivity contribution < 1.29 is 5.11 Å². The summed E-state index contributed by atoms with van der Waals surface area (Å²) in [6, 6.07) is 2.07. The summed E-state index contributed by atoms with van der Waals surface area (Å²) in [5, 5.41) is 16.2. The number of aliphatic hydroxyl groups is 1. The average molecular weight is 303 g/mol. The zero-order chi connectivity index (χ0) is 10.8. The van der Waals surface area contributed by atoms with Crippen molar-refractivity contribution in [1.29, 1.82) is 0 Å². The highest BCUT2D eigenvalue weighted by Crippen LogP contribution is 2.28. The summed E-state index contributed by atoms with van der Waals surface area (Å²) in [6.45, 7) is 2.04. The van der Waals surface area contributed by atoms with Crippen molar-refractivity contribution in [3.63, 3.8) is 0 Å². The van der Waals surface area contributed by atoms with E-state index in [4.69, 9.17) is 0 Å². The average Bonchev–Trinajstić information content (AvgIpc) is 2.75. The van der Waals surface area contributed by atoms with Crippen LogP contribution in [0.2, 0.25) is 0 Å². The monoisotopic (exact) mass is 302 g/mol. The van der Waals surface area contributed by atoms with Crippen LogP contribution in [-0.2, 0) is 6.42 Å². The number of hydrogen-bond acceptors (Lipinski definition) is 3. The number of aliphatic hydroxyl groups excluding tert-OH is 1.